The first kappa shape index (κ1) is 23.1. The summed E-state index contributed by atoms with van der Waals surface area (Å²) in [5.41, 5.74) is -0.539. The van der Waals surface area contributed by atoms with Gasteiger partial charge in [0.1, 0.15) is 11.5 Å². The van der Waals surface area contributed by atoms with Crippen LogP contribution in [0.4, 0.5) is 14.6 Å². The molecule has 0 bridgehead atoms. The van der Waals surface area contributed by atoms with Crippen molar-refractivity contribution in [2.45, 2.75) is 25.3 Å². The summed E-state index contributed by atoms with van der Waals surface area (Å²) in [5, 5.41) is 18.1. The van der Waals surface area contributed by atoms with Gasteiger partial charge in [0, 0.05) is 37.1 Å². The number of aliphatic hydroxyl groups excluding tert-OH is 1. The second-order valence-corrected chi connectivity index (χ2v) is 7.50. The highest BCUT2D eigenvalue weighted by atomic mass is 35.5. The van der Waals surface area contributed by atoms with Crippen LogP contribution in [0.5, 0.6) is 0 Å². The van der Waals surface area contributed by atoms with E-state index in [4.69, 9.17) is 5.11 Å². The van der Waals surface area contributed by atoms with Gasteiger partial charge >= 0.3 is 0 Å². The Kier molecular flexibility index (Phi) is 7.59. The fourth-order valence-electron chi connectivity index (χ4n) is 3.99. The summed E-state index contributed by atoms with van der Waals surface area (Å²) in [6.45, 7) is 1.97. The fourth-order valence-corrected chi connectivity index (χ4v) is 3.99. The number of nitrogens with zero attached hydrogens (tertiary/aromatic N) is 3. The number of rotatable bonds is 5. The third-order valence-corrected chi connectivity index (χ3v) is 5.44. The molecule has 6 nitrogen and oxygen atoms in total. The Hall–Kier alpha value is -2.55. The van der Waals surface area contributed by atoms with Gasteiger partial charge in [-0.25, -0.2) is 8.78 Å². The van der Waals surface area contributed by atoms with Crippen LogP contribution in [-0.4, -0.2) is 47.2 Å². The SMILES string of the molecule is Cl.O=c1c2ccccc2c(N2CCCC[C@@H](NCCO)C2)nn1-c1ccc(F)cc1F. The van der Waals surface area contributed by atoms with Crippen molar-refractivity contribution < 1.29 is 13.9 Å². The van der Waals surface area contributed by atoms with Crippen LogP contribution in [0.15, 0.2) is 47.3 Å². The van der Waals surface area contributed by atoms with Gasteiger partial charge < -0.3 is 15.3 Å². The molecule has 31 heavy (non-hydrogen) atoms. The van der Waals surface area contributed by atoms with Gasteiger partial charge in [-0.3, -0.25) is 4.79 Å². The van der Waals surface area contributed by atoms with Gasteiger partial charge in [0.25, 0.3) is 5.56 Å². The molecule has 1 aliphatic rings. The Bertz CT molecular complexity index is 1110. The van der Waals surface area contributed by atoms with Crippen LogP contribution in [0.2, 0.25) is 0 Å². The van der Waals surface area contributed by atoms with Crippen LogP contribution < -0.4 is 15.8 Å². The van der Waals surface area contributed by atoms with E-state index >= 15 is 0 Å². The highest BCUT2D eigenvalue weighted by molar-refractivity contribution is 5.91. The number of hydrogen-bond acceptors (Lipinski definition) is 5. The summed E-state index contributed by atoms with van der Waals surface area (Å²) in [6, 6.07) is 10.4. The van der Waals surface area contributed by atoms with Crippen molar-refractivity contribution >= 4 is 29.0 Å². The molecule has 1 saturated heterocycles. The van der Waals surface area contributed by atoms with Gasteiger partial charge in [0.15, 0.2) is 11.6 Å². The van der Waals surface area contributed by atoms with E-state index < -0.39 is 17.2 Å². The molecule has 9 heteroatoms. The molecule has 2 heterocycles. The molecule has 2 N–H and O–H groups in total. The quantitative estimate of drug-likeness (QED) is 0.625. The van der Waals surface area contributed by atoms with E-state index in [1.54, 1.807) is 12.1 Å². The summed E-state index contributed by atoms with van der Waals surface area (Å²) in [7, 11) is 0. The highest BCUT2D eigenvalue weighted by Gasteiger charge is 2.23. The second kappa shape index (κ2) is 10.2. The lowest BCUT2D eigenvalue weighted by Gasteiger charge is -2.27. The van der Waals surface area contributed by atoms with Crippen LogP contribution in [0.25, 0.3) is 16.5 Å². The number of benzene rings is 2. The van der Waals surface area contributed by atoms with E-state index in [1.165, 1.54) is 6.07 Å². The van der Waals surface area contributed by atoms with Crippen LogP contribution in [-0.2, 0) is 0 Å². The van der Waals surface area contributed by atoms with Crippen LogP contribution in [0, 0.1) is 11.6 Å². The van der Waals surface area contributed by atoms with E-state index in [-0.39, 0.29) is 30.7 Å². The molecule has 0 radical (unpaired) electrons. The minimum atomic E-state index is -0.843. The number of aromatic nitrogens is 2. The molecule has 0 amide bonds. The topological polar surface area (TPSA) is 70.4 Å². The Morgan fingerprint density at radius 1 is 1.13 bits per heavy atom. The maximum Gasteiger partial charge on any atom is 0.279 e. The average Bonchev–Trinajstić information content (AvgIpc) is 2.99. The van der Waals surface area contributed by atoms with Crippen molar-refractivity contribution in [2.75, 3.05) is 31.1 Å². The van der Waals surface area contributed by atoms with E-state index in [0.29, 0.717) is 29.7 Å². The van der Waals surface area contributed by atoms with Crippen LogP contribution in [0.3, 0.4) is 0 Å². The molecule has 0 unspecified atom stereocenters. The van der Waals surface area contributed by atoms with E-state index in [1.807, 2.05) is 12.1 Å². The lowest BCUT2D eigenvalue weighted by molar-refractivity contribution is 0.282. The number of hydrogen-bond donors (Lipinski definition) is 2. The van der Waals surface area contributed by atoms with Crippen molar-refractivity contribution in [3.05, 3.63) is 64.5 Å². The molecular formula is C22H25ClF2N4O2. The molecule has 166 valence electrons. The zero-order valence-electron chi connectivity index (χ0n) is 16.9. The number of nitrogens with one attached hydrogen (secondary N) is 1. The first-order valence-corrected chi connectivity index (χ1v) is 10.1. The zero-order chi connectivity index (χ0) is 21.1. The summed E-state index contributed by atoms with van der Waals surface area (Å²) in [5.74, 6) is -0.966. The lowest BCUT2D eigenvalue weighted by atomic mass is 10.1. The molecule has 0 aliphatic carbocycles. The Morgan fingerprint density at radius 3 is 2.65 bits per heavy atom. The Morgan fingerprint density at radius 2 is 1.90 bits per heavy atom. The largest absolute Gasteiger partial charge is 0.395 e. The molecule has 3 aromatic rings. The van der Waals surface area contributed by atoms with E-state index in [9.17, 15) is 13.6 Å². The summed E-state index contributed by atoms with van der Waals surface area (Å²) >= 11 is 0. The van der Waals surface area contributed by atoms with Gasteiger partial charge in [-0.05, 0) is 31.0 Å². The molecule has 2 aromatic carbocycles. The average molecular weight is 451 g/mol. The van der Waals surface area contributed by atoms with Crippen molar-refractivity contribution in [1.82, 2.24) is 15.1 Å². The fraction of sp³-hybridized carbons (Fsp3) is 0.364. The minimum Gasteiger partial charge on any atom is -0.395 e. The highest BCUT2D eigenvalue weighted by Crippen LogP contribution is 2.26. The zero-order valence-corrected chi connectivity index (χ0v) is 17.7. The first-order chi connectivity index (χ1) is 14.6. The smallest absolute Gasteiger partial charge is 0.279 e. The van der Waals surface area contributed by atoms with E-state index in [0.717, 1.165) is 42.6 Å². The predicted molar refractivity (Wildman–Crippen MR) is 119 cm³/mol. The molecule has 0 saturated carbocycles. The summed E-state index contributed by atoms with van der Waals surface area (Å²) in [4.78, 5) is 15.2. The van der Waals surface area contributed by atoms with Crippen molar-refractivity contribution in [2.24, 2.45) is 0 Å². The monoisotopic (exact) mass is 450 g/mol. The lowest BCUT2D eigenvalue weighted by Crippen LogP contribution is -2.42. The molecule has 1 atom stereocenters. The van der Waals surface area contributed by atoms with Gasteiger partial charge in [-0.2, -0.15) is 4.68 Å². The Labute approximate surface area is 184 Å². The predicted octanol–water partition coefficient (Wildman–Crippen LogP) is 3.03. The molecule has 1 aromatic heterocycles. The molecule has 1 aliphatic heterocycles. The molecule has 0 spiro atoms. The number of aliphatic hydroxyl groups is 1. The maximum atomic E-state index is 14.5. The van der Waals surface area contributed by atoms with Crippen molar-refractivity contribution in [3.8, 4) is 5.69 Å². The van der Waals surface area contributed by atoms with Gasteiger partial charge in [-0.1, -0.05) is 24.6 Å². The Balaban J connectivity index is 0.00000272. The summed E-state index contributed by atoms with van der Waals surface area (Å²) < 4.78 is 28.9. The van der Waals surface area contributed by atoms with Crippen LogP contribution >= 0.6 is 12.4 Å². The number of fused-ring (bicyclic) bond motifs is 1. The molecule has 1 fully saturated rings. The number of anilines is 1. The van der Waals surface area contributed by atoms with Crippen molar-refractivity contribution in [3.63, 3.8) is 0 Å². The third-order valence-electron chi connectivity index (χ3n) is 5.44. The summed E-state index contributed by atoms with van der Waals surface area (Å²) in [6.07, 6.45) is 2.96. The van der Waals surface area contributed by atoms with Gasteiger partial charge in [0.2, 0.25) is 0 Å². The van der Waals surface area contributed by atoms with Crippen molar-refractivity contribution in [1.29, 1.82) is 0 Å². The van der Waals surface area contributed by atoms with Gasteiger partial charge in [-0.15, -0.1) is 17.5 Å². The minimum absolute atomic E-state index is 0. The standard InChI is InChI=1S/C22H24F2N4O2.ClH/c23-15-8-9-20(19(24)13-15)28-22(30)18-7-2-1-6-17(18)21(26-28)27-11-4-3-5-16(14-27)25-10-12-29;/h1-2,6-9,13,16,25,29H,3-5,10-12,14H2;1H/t16-;/m1./s1. The van der Waals surface area contributed by atoms with Gasteiger partial charge in [0.05, 0.1) is 12.0 Å². The second-order valence-electron chi connectivity index (χ2n) is 7.50. The first-order valence-electron chi connectivity index (χ1n) is 10.1. The van der Waals surface area contributed by atoms with E-state index in [2.05, 4.69) is 15.3 Å². The van der Waals surface area contributed by atoms with Crippen LogP contribution in [0.1, 0.15) is 19.3 Å². The third kappa shape index (κ3) is 4.87. The number of halogens is 3. The molecular weight excluding hydrogens is 426 g/mol. The molecule has 4 rings (SSSR count). The maximum absolute atomic E-state index is 14.5. The normalized spacial score (nSPS) is 16.7.